The average molecular weight is 291 g/mol. The van der Waals surface area contributed by atoms with Gasteiger partial charge in [0.2, 0.25) is 5.88 Å². The molecule has 2 aliphatic rings. The Kier molecular flexibility index (Phi) is 4.22. The van der Waals surface area contributed by atoms with Crippen LogP contribution in [-0.4, -0.2) is 40.2 Å². The third kappa shape index (κ3) is 3.25. The van der Waals surface area contributed by atoms with Crippen molar-refractivity contribution in [1.29, 1.82) is 0 Å². The molecule has 0 spiro atoms. The lowest BCUT2D eigenvalue weighted by atomic mass is 10.1. The van der Waals surface area contributed by atoms with E-state index in [1.807, 2.05) is 0 Å². The van der Waals surface area contributed by atoms with E-state index in [-0.39, 0.29) is 0 Å². The van der Waals surface area contributed by atoms with Crippen LogP contribution in [0.2, 0.25) is 0 Å². The van der Waals surface area contributed by atoms with Gasteiger partial charge < -0.3 is 14.7 Å². The number of carboxylic acids is 1. The topological polar surface area (TPSA) is 75.5 Å². The van der Waals surface area contributed by atoms with Gasteiger partial charge in [0.05, 0.1) is 19.0 Å². The van der Waals surface area contributed by atoms with Gasteiger partial charge in [0.25, 0.3) is 0 Å². The van der Waals surface area contributed by atoms with Gasteiger partial charge in [-0.05, 0) is 31.6 Å². The minimum Gasteiger partial charge on any atom is -0.480 e. The zero-order valence-corrected chi connectivity index (χ0v) is 12.1. The maximum Gasteiger partial charge on any atom is 0.326 e. The standard InChI is InChI=1S/C15H21N3O3/c19-15(20)12-6-3-7-18(12)13-8-16-9-14(17-13)21-10-11-4-1-2-5-11/h8-9,11-12H,1-7,10H2,(H,19,20)/t12-/m0/s1. The van der Waals surface area contributed by atoms with Crippen molar-refractivity contribution in [3.8, 4) is 5.88 Å². The van der Waals surface area contributed by atoms with Gasteiger partial charge in [0, 0.05) is 6.54 Å². The van der Waals surface area contributed by atoms with Gasteiger partial charge >= 0.3 is 5.97 Å². The fourth-order valence-electron chi connectivity index (χ4n) is 3.22. The van der Waals surface area contributed by atoms with Crippen LogP contribution < -0.4 is 9.64 Å². The SMILES string of the molecule is O=C(O)[C@@H]1CCCN1c1cncc(OCC2CCCC2)n1. The first-order valence-electron chi connectivity index (χ1n) is 7.68. The van der Waals surface area contributed by atoms with E-state index in [1.54, 1.807) is 17.3 Å². The van der Waals surface area contributed by atoms with Crippen LogP contribution in [0.3, 0.4) is 0 Å². The van der Waals surface area contributed by atoms with Crippen molar-refractivity contribution in [3.63, 3.8) is 0 Å². The van der Waals surface area contributed by atoms with Gasteiger partial charge in [0.1, 0.15) is 6.04 Å². The number of anilines is 1. The Morgan fingerprint density at radius 3 is 2.86 bits per heavy atom. The molecule has 21 heavy (non-hydrogen) atoms. The van der Waals surface area contributed by atoms with Crippen molar-refractivity contribution in [2.75, 3.05) is 18.1 Å². The Morgan fingerprint density at radius 1 is 1.29 bits per heavy atom. The first-order chi connectivity index (χ1) is 10.2. The number of carboxylic acid groups (broad SMARTS) is 1. The molecule has 0 aromatic carbocycles. The van der Waals surface area contributed by atoms with Crippen LogP contribution >= 0.6 is 0 Å². The highest BCUT2D eigenvalue weighted by Crippen LogP contribution is 2.27. The average Bonchev–Trinajstić information content (AvgIpc) is 3.16. The molecule has 1 aliphatic heterocycles. The Bertz CT molecular complexity index is 503. The first-order valence-corrected chi connectivity index (χ1v) is 7.68. The Hall–Kier alpha value is -1.85. The van der Waals surface area contributed by atoms with Crippen LogP contribution in [0, 0.1) is 5.92 Å². The molecule has 1 aromatic rings. The molecule has 1 N–H and O–H groups in total. The molecule has 6 nitrogen and oxygen atoms in total. The van der Waals surface area contributed by atoms with Crippen LogP contribution in [0.4, 0.5) is 5.82 Å². The molecule has 2 heterocycles. The Morgan fingerprint density at radius 2 is 2.10 bits per heavy atom. The summed E-state index contributed by atoms with van der Waals surface area (Å²) in [5, 5.41) is 9.24. The van der Waals surface area contributed by atoms with Gasteiger partial charge in [0.15, 0.2) is 5.82 Å². The number of ether oxygens (including phenoxy) is 1. The van der Waals surface area contributed by atoms with Gasteiger partial charge in [-0.3, -0.25) is 4.98 Å². The summed E-state index contributed by atoms with van der Waals surface area (Å²) in [6.07, 6.45) is 9.76. The second kappa shape index (κ2) is 6.28. The smallest absolute Gasteiger partial charge is 0.326 e. The normalized spacial score (nSPS) is 22.7. The summed E-state index contributed by atoms with van der Waals surface area (Å²) in [6, 6.07) is -0.496. The highest BCUT2D eigenvalue weighted by atomic mass is 16.5. The molecule has 1 aliphatic carbocycles. The lowest BCUT2D eigenvalue weighted by Gasteiger charge is -2.22. The van der Waals surface area contributed by atoms with Crippen molar-refractivity contribution in [2.24, 2.45) is 5.92 Å². The second-order valence-electron chi connectivity index (χ2n) is 5.87. The largest absolute Gasteiger partial charge is 0.480 e. The molecular weight excluding hydrogens is 270 g/mol. The minimum absolute atomic E-state index is 0.496. The van der Waals surface area contributed by atoms with Crippen LogP contribution in [-0.2, 0) is 4.79 Å². The maximum atomic E-state index is 11.2. The van der Waals surface area contributed by atoms with E-state index in [0.717, 1.165) is 6.42 Å². The summed E-state index contributed by atoms with van der Waals surface area (Å²) < 4.78 is 5.74. The number of rotatable bonds is 5. The zero-order chi connectivity index (χ0) is 14.7. The Balaban J connectivity index is 1.66. The zero-order valence-electron chi connectivity index (χ0n) is 12.1. The summed E-state index contributed by atoms with van der Waals surface area (Å²) in [5.41, 5.74) is 0. The predicted octanol–water partition coefficient (Wildman–Crippen LogP) is 2.10. The van der Waals surface area contributed by atoms with E-state index in [2.05, 4.69) is 9.97 Å². The number of nitrogens with zero attached hydrogens (tertiary/aromatic N) is 3. The minimum atomic E-state index is -0.799. The van der Waals surface area contributed by atoms with Crippen LogP contribution in [0.1, 0.15) is 38.5 Å². The molecule has 1 atom stereocenters. The molecule has 0 unspecified atom stereocenters. The summed E-state index contributed by atoms with van der Waals surface area (Å²) in [7, 11) is 0. The number of hydrogen-bond donors (Lipinski definition) is 1. The van der Waals surface area contributed by atoms with E-state index >= 15 is 0 Å². The highest BCUT2D eigenvalue weighted by molar-refractivity contribution is 5.78. The van der Waals surface area contributed by atoms with Crippen LogP contribution in [0.5, 0.6) is 5.88 Å². The molecular formula is C15H21N3O3. The Labute approximate surface area is 124 Å². The van der Waals surface area contributed by atoms with Gasteiger partial charge in [-0.1, -0.05) is 12.8 Å². The van der Waals surface area contributed by atoms with Crippen molar-refractivity contribution in [3.05, 3.63) is 12.4 Å². The molecule has 0 radical (unpaired) electrons. The quantitative estimate of drug-likeness (QED) is 0.895. The third-order valence-corrected chi connectivity index (χ3v) is 4.37. The van der Waals surface area contributed by atoms with Crippen LogP contribution in [0.25, 0.3) is 0 Å². The van der Waals surface area contributed by atoms with Crippen LogP contribution in [0.15, 0.2) is 12.4 Å². The van der Waals surface area contributed by atoms with E-state index in [0.29, 0.717) is 37.2 Å². The lowest BCUT2D eigenvalue weighted by molar-refractivity contribution is -0.138. The second-order valence-corrected chi connectivity index (χ2v) is 5.87. The summed E-state index contributed by atoms with van der Waals surface area (Å²) >= 11 is 0. The highest BCUT2D eigenvalue weighted by Gasteiger charge is 2.31. The van der Waals surface area contributed by atoms with Crippen molar-refractivity contribution in [1.82, 2.24) is 9.97 Å². The number of aliphatic carboxylic acids is 1. The van der Waals surface area contributed by atoms with Gasteiger partial charge in [-0.2, -0.15) is 4.98 Å². The van der Waals surface area contributed by atoms with Crippen molar-refractivity contribution < 1.29 is 14.6 Å². The number of hydrogen-bond acceptors (Lipinski definition) is 5. The van der Waals surface area contributed by atoms with E-state index in [9.17, 15) is 9.90 Å². The monoisotopic (exact) mass is 291 g/mol. The van der Waals surface area contributed by atoms with Gasteiger partial charge in [-0.25, -0.2) is 4.79 Å². The molecule has 114 valence electrons. The molecule has 0 bridgehead atoms. The fourth-order valence-corrected chi connectivity index (χ4v) is 3.22. The molecule has 2 fully saturated rings. The summed E-state index contributed by atoms with van der Waals surface area (Å²) in [5.74, 6) is 0.917. The first kappa shape index (κ1) is 14.1. The number of carbonyl (C=O) groups is 1. The molecule has 1 aromatic heterocycles. The molecule has 3 rings (SSSR count). The number of aromatic nitrogens is 2. The lowest BCUT2D eigenvalue weighted by Crippen LogP contribution is -2.36. The van der Waals surface area contributed by atoms with E-state index in [1.165, 1.54) is 25.7 Å². The molecule has 6 heteroatoms. The van der Waals surface area contributed by atoms with Gasteiger partial charge in [-0.15, -0.1) is 0 Å². The third-order valence-electron chi connectivity index (χ3n) is 4.37. The molecule has 1 saturated heterocycles. The van der Waals surface area contributed by atoms with Crippen molar-refractivity contribution in [2.45, 2.75) is 44.6 Å². The molecule has 1 saturated carbocycles. The summed E-state index contributed by atoms with van der Waals surface area (Å²) in [6.45, 7) is 1.39. The summed E-state index contributed by atoms with van der Waals surface area (Å²) in [4.78, 5) is 21.6. The van der Waals surface area contributed by atoms with E-state index < -0.39 is 12.0 Å². The fraction of sp³-hybridized carbons (Fsp3) is 0.667. The van der Waals surface area contributed by atoms with E-state index in [4.69, 9.17) is 4.74 Å². The maximum absolute atomic E-state index is 11.2. The van der Waals surface area contributed by atoms with Crippen molar-refractivity contribution >= 4 is 11.8 Å². The molecule has 0 amide bonds. The predicted molar refractivity (Wildman–Crippen MR) is 77.5 cm³/mol.